The average Bonchev–Trinajstić information content (AvgIpc) is 2.95. The summed E-state index contributed by atoms with van der Waals surface area (Å²) in [4.78, 5) is 17.0. The molecule has 0 saturated carbocycles. The largest absolute Gasteiger partial charge is 0.506 e. The Labute approximate surface area is 243 Å². The summed E-state index contributed by atoms with van der Waals surface area (Å²) in [6, 6.07) is 20.2. The third-order valence-electron chi connectivity index (χ3n) is 5.23. The molecule has 0 fully saturated rings. The first kappa shape index (κ1) is 31.8. The Balaban J connectivity index is 0.000000188. The van der Waals surface area contributed by atoms with Crippen molar-refractivity contribution in [1.29, 1.82) is 0 Å². The first-order valence-corrected chi connectivity index (χ1v) is 12.7. The zero-order valence-corrected chi connectivity index (χ0v) is 23.9. The zero-order valence-electron chi connectivity index (χ0n) is 22.4. The number of aryl methyl sites for hydroxylation is 4. The molecule has 4 N–H and O–H groups in total. The summed E-state index contributed by atoms with van der Waals surface area (Å²) in [6.45, 7) is 7.92. The van der Waals surface area contributed by atoms with Gasteiger partial charge in [-0.05, 0) is 76.2 Å². The van der Waals surface area contributed by atoms with Gasteiger partial charge in [-0.15, -0.1) is 0 Å². The molecule has 208 valence electrons. The number of benzene rings is 2. The molecule has 0 bridgehead atoms. The van der Waals surface area contributed by atoms with Gasteiger partial charge in [-0.1, -0.05) is 47.5 Å². The Hall–Kier alpha value is -4.40. The van der Waals surface area contributed by atoms with Crippen LogP contribution >= 0.6 is 23.2 Å². The predicted molar refractivity (Wildman–Crippen MR) is 158 cm³/mol. The van der Waals surface area contributed by atoms with E-state index < -0.39 is 0 Å². The lowest BCUT2D eigenvalue weighted by atomic mass is 10.2. The van der Waals surface area contributed by atoms with E-state index in [0.29, 0.717) is 0 Å². The monoisotopic (exact) mass is 580 g/mol. The third-order valence-corrected chi connectivity index (χ3v) is 6.00. The first-order valence-electron chi connectivity index (χ1n) is 11.9. The molecule has 3 heterocycles. The lowest BCUT2D eigenvalue weighted by molar-refractivity contribution is 0.450. The number of pyridine rings is 2. The minimum Gasteiger partial charge on any atom is -0.506 e. The topological polar surface area (TPSA) is 132 Å². The molecule has 0 radical (unpaired) electrons. The predicted octanol–water partition coefficient (Wildman–Crippen LogP) is 7.36. The molecule has 0 aliphatic rings. The van der Waals surface area contributed by atoms with Crippen molar-refractivity contribution >= 4 is 23.2 Å². The first-order chi connectivity index (χ1) is 19.0. The fraction of sp³-hybridized carbons (Fsp3) is 0.133. The Morgan fingerprint density at radius 2 is 0.750 bits per heavy atom. The van der Waals surface area contributed by atoms with E-state index in [1.807, 2.05) is 64.1 Å². The molecule has 10 heteroatoms. The maximum absolute atomic E-state index is 8.81. The Bertz CT molecular complexity index is 1330. The number of rotatable bonds is 1. The van der Waals surface area contributed by atoms with Crippen LogP contribution in [0.25, 0.3) is 11.4 Å². The Morgan fingerprint density at radius 3 is 0.975 bits per heavy atom. The van der Waals surface area contributed by atoms with Crippen LogP contribution < -0.4 is 0 Å². The lowest BCUT2D eigenvalue weighted by Crippen LogP contribution is -1.97. The third kappa shape index (κ3) is 10.1. The quantitative estimate of drug-likeness (QED) is 0.161. The van der Waals surface area contributed by atoms with Gasteiger partial charge in [-0.3, -0.25) is 19.9 Å². The van der Waals surface area contributed by atoms with Gasteiger partial charge in [0.05, 0.1) is 34.2 Å². The van der Waals surface area contributed by atoms with Gasteiger partial charge >= 0.3 is 0 Å². The molecule has 0 unspecified atom stereocenters. The van der Waals surface area contributed by atoms with Crippen LogP contribution in [-0.2, 0) is 0 Å². The number of halogens is 2. The van der Waals surface area contributed by atoms with Gasteiger partial charge in [0.25, 0.3) is 0 Å². The number of hydrogen-bond acceptors (Lipinski definition) is 8. The molecular weight excluding hydrogens is 551 g/mol. The van der Waals surface area contributed by atoms with Crippen LogP contribution in [0.5, 0.6) is 23.0 Å². The highest BCUT2D eigenvalue weighted by Gasteiger charge is 2.01. The van der Waals surface area contributed by atoms with Crippen molar-refractivity contribution < 1.29 is 20.4 Å². The molecular formula is C30H30Cl2N4O4. The van der Waals surface area contributed by atoms with E-state index >= 15 is 0 Å². The van der Waals surface area contributed by atoms with Crippen LogP contribution in [0.15, 0.2) is 85.2 Å². The molecule has 0 amide bonds. The normalized spacial score (nSPS) is 9.65. The van der Waals surface area contributed by atoms with Crippen LogP contribution in [0.2, 0.25) is 10.0 Å². The second-order valence-corrected chi connectivity index (χ2v) is 8.97. The molecule has 5 aromatic rings. The fourth-order valence-corrected chi connectivity index (χ4v) is 3.12. The summed E-state index contributed by atoms with van der Waals surface area (Å²) in [5.41, 5.74) is 5.95. The fourth-order valence-electron chi connectivity index (χ4n) is 2.87. The minimum atomic E-state index is -0.100. The summed E-state index contributed by atoms with van der Waals surface area (Å²) in [7, 11) is 0. The number of nitrogens with zero attached hydrogens (tertiary/aromatic N) is 4. The van der Waals surface area contributed by atoms with E-state index in [9.17, 15) is 0 Å². The van der Waals surface area contributed by atoms with E-state index in [2.05, 4.69) is 19.9 Å². The van der Waals surface area contributed by atoms with E-state index in [0.717, 1.165) is 34.2 Å². The van der Waals surface area contributed by atoms with Gasteiger partial charge in [0.15, 0.2) is 0 Å². The number of phenolic OH excluding ortho intramolecular Hbond substituents is 4. The minimum absolute atomic E-state index is 0.00231. The van der Waals surface area contributed by atoms with Crippen molar-refractivity contribution in [1.82, 2.24) is 19.9 Å². The standard InChI is InChI=1S/C10H8N2.C8H12N2.2C6H5ClO2/c1-3-7-11-9(5-1)10-6-2-4-8-12-10;1-5-6(2)10-8(4)7(3)9-5;2*7-6-4(8)2-1-3-5(6)9/h1-8H;1-4H3;2*1-3,8-9H. The zero-order chi connectivity index (χ0) is 29.7. The summed E-state index contributed by atoms with van der Waals surface area (Å²) in [5, 5.41) is 35.2. The molecule has 40 heavy (non-hydrogen) atoms. The van der Waals surface area contributed by atoms with Gasteiger partial charge in [-0.2, -0.15) is 0 Å². The van der Waals surface area contributed by atoms with Crippen molar-refractivity contribution in [3.05, 3.63) is 118 Å². The molecule has 0 spiro atoms. The molecule has 0 saturated heterocycles. The van der Waals surface area contributed by atoms with Crippen LogP contribution in [0, 0.1) is 27.7 Å². The van der Waals surface area contributed by atoms with E-state index in [-0.39, 0.29) is 33.0 Å². The average molecular weight is 582 g/mol. The van der Waals surface area contributed by atoms with Crippen molar-refractivity contribution in [2.45, 2.75) is 27.7 Å². The molecule has 0 aliphatic heterocycles. The van der Waals surface area contributed by atoms with Gasteiger partial charge in [-0.25, -0.2) is 0 Å². The van der Waals surface area contributed by atoms with E-state index in [1.54, 1.807) is 12.4 Å². The van der Waals surface area contributed by atoms with E-state index in [4.69, 9.17) is 43.6 Å². The maximum atomic E-state index is 8.81. The number of phenols is 4. The van der Waals surface area contributed by atoms with Gasteiger partial charge in [0, 0.05) is 12.4 Å². The second-order valence-electron chi connectivity index (χ2n) is 8.22. The molecule has 2 aromatic carbocycles. The summed E-state index contributed by atoms with van der Waals surface area (Å²) in [6.07, 6.45) is 3.54. The lowest BCUT2D eigenvalue weighted by Gasteiger charge is -2.01. The van der Waals surface area contributed by atoms with Crippen molar-refractivity contribution in [2.75, 3.05) is 0 Å². The van der Waals surface area contributed by atoms with Gasteiger partial charge < -0.3 is 20.4 Å². The Morgan fingerprint density at radius 1 is 0.450 bits per heavy atom. The maximum Gasteiger partial charge on any atom is 0.137 e. The Kier molecular flexibility index (Phi) is 12.6. The van der Waals surface area contributed by atoms with Crippen molar-refractivity contribution in [3.8, 4) is 34.4 Å². The summed E-state index contributed by atoms with van der Waals surface area (Å²) >= 11 is 10.8. The molecule has 0 aliphatic carbocycles. The highest BCUT2D eigenvalue weighted by atomic mass is 35.5. The molecule has 5 rings (SSSR count). The van der Waals surface area contributed by atoms with Crippen LogP contribution in [-0.4, -0.2) is 40.4 Å². The number of aromatic nitrogens is 4. The highest BCUT2D eigenvalue weighted by molar-refractivity contribution is 6.33. The summed E-state index contributed by atoms with van der Waals surface area (Å²) in [5.74, 6) is -0.401. The van der Waals surface area contributed by atoms with Gasteiger partial charge in [0.2, 0.25) is 0 Å². The van der Waals surface area contributed by atoms with E-state index in [1.165, 1.54) is 36.4 Å². The van der Waals surface area contributed by atoms with Gasteiger partial charge in [0.1, 0.15) is 33.0 Å². The van der Waals surface area contributed by atoms with Crippen LogP contribution in [0.3, 0.4) is 0 Å². The molecule has 3 aromatic heterocycles. The SMILES string of the molecule is Cc1nc(C)c(C)nc1C.Oc1cccc(O)c1Cl.Oc1cccc(O)c1Cl.c1ccc(-c2ccccn2)nc1. The number of hydrogen-bond donors (Lipinski definition) is 4. The molecule has 8 nitrogen and oxygen atoms in total. The van der Waals surface area contributed by atoms with Crippen molar-refractivity contribution in [3.63, 3.8) is 0 Å². The van der Waals surface area contributed by atoms with Crippen molar-refractivity contribution in [2.24, 2.45) is 0 Å². The highest BCUT2D eigenvalue weighted by Crippen LogP contribution is 2.31. The molecule has 0 atom stereocenters. The second kappa shape index (κ2) is 15.9. The summed E-state index contributed by atoms with van der Waals surface area (Å²) < 4.78 is 0. The smallest absolute Gasteiger partial charge is 0.137 e. The van der Waals surface area contributed by atoms with Crippen LogP contribution in [0.1, 0.15) is 22.8 Å². The van der Waals surface area contributed by atoms with Crippen LogP contribution in [0.4, 0.5) is 0 Å². The number of aromatic hydroxyl groups is 4.